The molecule has 1 aliphatic heterocycles. The van der Waals surface area contributed by atoms with E-state index in [1.807, 2.05) is 36.4 Å². The van der Waals surface area contributed by atoms with E-state index in [1.54, 1.807) is 11.0 Å². The minimum absolute atomic E-state index is 0.0549. The van der Waals surface area contributed by atoms with Crippen LogP contribution in [0.15, 0.2) is 65.5 Å². The summed E-state index contributed by atoms with van der Waals surface area (Å²) in [5, 5.41) is 5.14. The molecule has 1 saturated heterocycles. The lowest BCUT2D eigenvalue weighted by atomic mass is 10.1. The molecule has 0 unspecified atom stereocenters. The second kappa shape index (κ2) is 9.35. The number of aromatic nitrogens is 2. The SMILES string of the molecule is CCc1ccc(-c2ccc(=O)n(CC(=O)N3CCN(c4ccc(Cl)cc4)CC3)n2)cc1. The molecule has 0 aliphatic carbocycles. The van der Waals surface area contributed by atoms with Crippen LogP contribution >= 0.6 is 11.6 Å². The maximum atomic E-state index is 12.8. The predicted molar refractivity (Wildman–Crippen MR) is 124 cm³/mol. The Labute approximate surface area is 186 Å². The van der Waals surface area contributed by atoms with E-state index in [0.29, 0.717) is 23.8 Å². The summed E-state index contributed by atoms with van der Waals surface area (Å²) in [5.74, 6) is -0.0937. The highest BCUT2D eigenvalue weighted by atomic mass is 35.5. The van der Waals surface area contributed by atoms with Gasteiger partial charge in [-0.1, -0.05) is 42.8 Å². The average molecular weight is 437 g/mol. The van der Waals surface area contributed by atoms with Gasteiger partial charge in [-0.05, 0) is 42.3 Å². The average Bonchev–Trinajstić information content (AvgIpc) is 2.81. The van der Waals surface area contributed by atoms with Crippen molar-refractivity contribution in [3.8, 4) is 11.3 Å². The lowest BCUT2D eigenvalue weighted by Gasteiger charge is -2.36. The first-order chi connectivity index (χ1) is 15.0. The normalized spacial score (nSPS) is 14.0. The van der Waals surface area contributed by atoms with E-state index < -0.39 is 0 Å². The first kappa shape index (κ1) is 21.1. The van der Waals surface area contributed by atoms with Gasteiger partial charge in [0.2, 0.25) is 5.91 Å². The second-order valence-electron chi connectivity index (χ2n) is 7.61. The fourth-order valence-corrected chi connectivity index (χ4v) is 3.85. The van der Waals surface area contributed by atoms with Gasteiger partial charge in [-0.2, -0.15) is 5.10 Å². The lowest BCUT2D eigenvalue weighted by Crippen LogP contribution is -2.50. The zero-order chi connectivity index (χ0) is 21.8. The topological polar surface area (TPSA) is 58.4 Å². The molecule has 7 heteroatoms. The van der Waals surface area contributed by atoms with Crippen LogP contribution in [0.5, 0.6) is 0 Å². The van der Waals surface area contributed by atoms with Gasteiger partial charge in [0, 0.05) is 48.5 Å². The number of benzene rings is 2. The van der Waals surface area contributed by atoms with Crippen molar-refractivity contribution in [2.45, 2.75) is 19.9 Å². The molecule has 1 aliphatic rings. The van der Waals surface area contributed by atoms with Crippen LogP contribution in [0.1, 0.15) is 12.5 Å². The van der Waals surface area contributed by atoms with Gasteiger partial charge in [0.05, 0.1) is 5.69 Å². The highest BCUT2D eigenvalue weighted by Gasteiger charge is 2.22. The molecule has 0 saturated carbocycles. The van der Waals surface area contributed by atoms with E-state index in [9.17, 15) is 9.59 Å². The number of hydrogen-bond acceptors (Lipinski definition) is 4. The van der Waals surface area contributed by atoms with Gasteiger partial charge >= 0.3 is 0 Å². The number of carbonyl (C=O) groups is 1. The molecule has 1 aromatic heterocycles. The molecular weight excluding hydrogens is 412 g/mol. The number of nitrogens with zero attached hydrogens (tertiary/aromatic N) is 4. The van der Waals surface area contributed by atoms with E-state index in [0.717, 1.165) is 30.8 Å². The van der Waals surface area contributed by atoms with Crippen molar-refractivity contribution in [1.29, 1.82) is 0 Å². The summed E-state index contributed by atoms with van der Waals surface area (Å²) in [7, 11) is 0. The fraction of sp³-hybridized carbons (Fsp3) is 0.292. The minimum atomic E-state index is -0.276. The second-order valence-corrected chi connectivity index (χ2v) is 8.05. The van der Waals surface area contributed by atoms with Crippen molar-refractivity contribution in [3.05, 3.63) is 81.6 Å². The van der Waals surface area contributed by atoms with Crippen molar-refractivity contribution >= 4 is 23.2 Å². The highest BCUT2D eigenvalue weighted by Crippen LogP contribution is 2.20. The molecule has 0 bridgehead atoms. The summed E-state index contributed by atoms with van der Waals surface area (Å²) in [5.41, 5.74) is 3.67. The Morgan fingerprint density at radius 2 is 1.61 bits per heavy atom. The van der Waals surface area contributed by atoms with Gasteiger partial charge in [-0.3, -0.25) is 9.59 Å². The van der Waals surface area contributed by atoms with Gasteiger partial charge in [0.25, 0.3) is 5.56 Å². The summed E-state index contributed by atoms with van der Waals surface area (Å²) >= 11 is 5.96. The van der Waals surface area contributed by atoms with E-state index in [1.165, 1.54) is 16.3 Å². The van der Waals surface area contributed by atoms with E-state index in [2.05, 4.69) is 29.1 Å². The number of halogens is 1. The molecule has 6 nitrogen and oxygen atoms in total. The van der Waals surface area contributed by atoms with E-state index >= 15 is 0 Å². The van der Waals surface area contributed by atoms with Crippen LogP contribution < -0.4 is 10.5 Å². The quantitative estimate of drug-likeness (QED) is 0.614. The molecule has 2 heterocycles. The van der Waals surface area contributed by atoms with Crippen LogP contribution in [0.25, 0.3) is 11.3 Å². The summed E-state index contributed by atoms with van der Waals surface area (Å²) in [4.78, 5) is 29.1. The third-order valence-electron chi connectivity index (χ3n) is 5.63. The Balaban J connectivity index is 1.41. The zero-order valence-corrected chi connectivity index (χ0v) is 18.3. The maximum Gasteiger partial charge on any atom is 0.267 e. The van der Waals surface area contributed by atoms with Crippen molar-refractivity contribution in [3.63, 3.8) is 0 Å². The first-order valence-corrected chi connectivity index (χ1v) is 10.9. The largest absolute Gasteiger partial charge is 0.368 e. The predicted octanol–water partition coefficient (Wildman–Crippen LogP) is 3.47. The van der Waals surface area contributed by atoms with Crippen LogP contribution in [0.4, 0.5) is 5.69 Å². The third kappa shape index (κ3) is 4.97. The molecule has 4 rings (SSSR count). The molecule has 0 spiro atoms. The Bertz CT molecular complexity index is 1100. The number of anilines is 1. The maximum absolute atomic E-state index is 12.8. The Morgan fingerprint density at radius 1 is 0.935 bits per heavy atom. The van der Waals surface area contributed by atoms with Crippen molar-refractivity contribution in [2.24, 2.45) is 0 Å². The van der Waals surface area contributed by atoms with Crippen LogP contribution in [-0.4, -0.2) is 46.8 Å². The molecule has 0 N–H and O–H groups in total. The van der Waals surface area contributed by atoms with Gasteiger partial charge in [-0.25, -0.2) is 4.68 Å². The van der Waals surface area contributed by atoms with Crippen LogP contribution in [0, 0.1) is 0 Å². The smallest absolute Gasteiger partial charge is 0.267 e. The van der Waals surface area contributed by atoms with Gasteiger partial charge in [0.1, 0.15) is 6.54 Å². The summed E-state index contributed by atoms with van der Waals surface area (Å²) < 4.78 is 1.26. The fourth-order valence-electron chi connectivity index (χ4n) is 3.72. The number of aryl methyl sites for hydroxylation is 1. The number of carbonyl (C=O) groups excluding carboxylic acids is 1. The molecule has 1 amide bonds. The highest BCUT2D eigenvalue weighted by molar-refractivity contribution is 6.30. The standard InChI is InChI=1S/C24H25ClN4O2/c1-2-18-3-5-19(6-4-18)22-11-12-23(30)29(26-22)17-24(31)28-15-13-27(14-16-28)21-9-7-20(25)8-10-21/h3-12H,2,13-17H2,1H3. The van der Waals surface area contributed by atoms with E-state index in [4.69, 9.17) is 11.6 Å². The molecule has 160 valence electrons. The molecule has 0 radical (unpaired) electrons. The van der Waals surface area contributed by atoms with Crippen LogP contribution in [0.2, 0.25) is 5.02 Å². The van der Waals surface area contributed by atoms with Crippen LogP contribution in [0.3, 0.4) is 0 Å². The molecule has 0 atom stereocenters. The minimum Gasteiger partial charge on any atom is -0.368 e. The van der Waals surface area contributed by atoms with Crippen molar-refractivity contribution < 1.29 is 4.79 Å². The van der Waals surface area contributed by atoms with Gasteiger partial charge in [-0.15, -0.1) is 0 Å². The van der Waals surface area contributed by atoms with Gasteiger partial charge in [0.15, 0.2) is 0 Å². The number of piperazine rings is 1. The molecule has 2 aromatic carbocycles. The molecular formula is C24H25ClN4O2. The summed E-state index contributed by atoms with van der Waals surface area (Å²) in [6.07, 6.45) is 0.965. The van der Waals surface area contributed by atoms with Crippen LogP contribution in [-0.2, 0) is 17.8 Å². The Morgan fingerprint density at radius 3 is 2.26 bits per heavy atom. The summed E-state index contributed by atoms with van der Waals surface area (Å²) in [6.45, 7) is 4.73. The Kier molecular flexibility index (Phi) is 6.37. The monoisotopic (exact) mass is 436 g/mol. The van der Waals surface area contributed by atoms with Gasteiger partial charge < -0.3 is 9.80 Å². The number of hydrogen-bond donors (Lipinski definition) is 0. The number of amides is 1. The Hall–Kier alpha value is -3.12. The van der Waals surface area contributed by atoms with E-state index in [-0.39, 0.29) is 18.0 Å². The van der Waals surface area contributed by atoms with Crippen molar-refractivity contribution in [2.75, 3.05) is 31.1 Å². The summed E-state index contributed by atoms with van der Waals surface area (Å²) in [6, 6.07) is 19.0. The zero-order valence-electron chi connectivity index (χ0n) is 17.5. The lowest BCUT2D eigenvalue weighted by molar-refractivity contribution is -0.132. The molecule has 31 heavy (non-hydrogen) atoms. The molecule has 1 fully saturated rings. The molecule has 3 aromatic rings. The number of rotatable bonds is 5. The third-order valence-corrected chi connectivity index (χ3v) is 5.89. The first-order valence-electron chi connectivity index (χ1n) is 10.5. The van der Waals surface area contributed by atoms with Crippen molar-refractivity contribution in [1.82, 2.24) is 14.7 Å².